The fraction of sp³-hybridized carbons (Fsp3) is 0.188. The van der Waals surface area contributed by atoms with Gasteiger partial charge in [0, 0.05) is 29.4 Å². The Kier molecular flexibility index (Phi) is 3.94. The number of nitro benzene ring substituents is 1. The third kappa shape index (κ3) is 2.74. The van der Waals surface area contributed by atoms with Gasteiger partial charge in [0.2, 0.25) is 5.91 Å². The molecule has 0 N–H and O–H groups in total. The van der Waals surface area contributed by atoms with Gasteiger partial charge in [0.25, 0.3) is 5.69 Å². The van der Waals surface area contributed by atoms with Crippen LogP contribution in [0.1, 0.15) is 17.9 Å². The van der Waals surface area contributed by atoms with E-state index < -0.39 is 4.92 Å². The molecule has 0 spiro atoms. The molecule has 0 bridgehead atoms. The van der Waals surface area contributed by atoms with Crippen LogP contribution in [0.3, 0.4) is 0 Å². The molecule has 1 aliphatic rings. The number of hydrogen-bond donors (Lipinski definition) is 0. The molecule has 1 atom stereocenters. The molecule has 0 unspecified atom stereocenters. The van der Waals surface area contributed by atoms with Crippen LogP contribution in [-0.2, 0) is 4.79 Å². The Hall–Kier alpha value is -2.21. The molecular weight excluding hydrogens is 348 g/mol. The minimum atomic E-state index is -0.449. The normalized spacial score (nSPS) is 17.8. The van der Waals surface area contributed by atoms with Gasteiger partial charge < -0.3 is 4.90 Å². The highest BCUT2D eigenvalue weighted by atomic mass is 79.9. The molecule has 6 heteroatoms. The van der Waals surface area contributed by atoms with E-state index in [1.54, 1.807) is 18.2 Å². The smallest absolute Gasteiger partial charge is 0.292 e. The fourth-order valence-electron chi connectivity index (χ4n) is 2.75. The summed E-state index contributed by atoms with van der Waals surface area (Å²) < 4.78 is 0.983. The van der Waals surface area contributed by atoms with E-state index in [4.69, 9.17) is 0 Å². The Morgan fingerprint density at radius 2 is 1.82 bits per heavy atom. The van der Waals surface area contributed by atoms with Crippen molar-refractivity contribution >= 4 is 33.2 Å². The quantitative estimate of drug-likeness (QED) is 0.616. The maximum Gasteiger partial charge on any atom is 0.292 e. The van der Waals surface area contributed by atoms with Crippen LogP contribution in [0.25, 0.3) is 0 Å². The minimum Gasteiger partial charge on any atom is -0.306 e. The first-order chi connectivity index (χ1) is 10.6. The topological polar surface area (TPSA) is 63.5 Å². The largest absolute Gasteiger partial charge is 0.306 e. The fourth-order valence-corrected chi connectivity index (χ4v) is 3.01. The molecule has 1 aliphatic heterocycles. The van der Waals surface area contributed by atoms with Crippen molar-refractivity contribution in [3.8, 4) is 0 Å². The molecule has 3 rings (SSSR count). The van der Waals surface area contributed by atoms with Crippen molar-refractivity contribution < 1.29 is 9.72 Å². The molecule has 22 heavy (non-hydrogen) atoms. The van der Waals surface area contributed by atoms with Gasteiger partial charge in [-0.2, -0.15) is 0 Å². The molecule has 0 aromatic heterocycles. The monoisotopic (exact) mass is 360 g/mol. The number of halogens is 1. The Balaban J connectivity index is 1.90. The lowest BCUT2D eigenvalue weighted by molar-refractivity contribution is -0.384. The lowest BCUT2D eigenvalue weighted by Crippen LogP contribution is -2.25. The first kappa shape index (κ1) is 14.7. The zero-order valence-electron chi connectivity index (χ0n) is 11.6. The van der Waals surface area contributed by atoms with Crippen LogP contribution in [0, 0.1) is 10.1 Å². The zero-order chi connectivity index (χ0) is 15.7. The zero-order valence-corrected chi connectivity index (χ0v) is 13.2. The molecule has 5 nitrogen and oxygen atoms in total. The highest BCUT2D eigenvalue weighted by molar-refractivity contribution is 9.10. The van der Waals surface area contributed by atoms with E-state index in [0.717, 1.165) is 10.0 Å². The van der Waals surface area contributed by atoms with Crippen molar-refractivity contribution in [2.45, 2.75) is 12.3 Å². The summed E-state index contributed by atoms with van der Waals surface area (Å²) in [5, 5.41) is 11.1. The van der Waals surface area contributed by atoms with Gasteiger partial charge in [0.05, 0.1) is 4.92 Å². The molecule has 1 saturated heterocycles. The summed E-state index contributed by atoms with van der Waals surface area (Å²) in [5.41, 5.74) is 1.40. The molecule has 112 valence electrons. The highest BCUT2D eigenvalue weighted by Gasteiger charge is 2.34. The van der Waals surface area contributed by atoms with Crippen molar-refractivity contribution in [2.75, 3.05) is 11.4 Å². The Bertz CT molecular complexity index is 730. The molecule has 2 aromatic carbocycles. The number of carbonyl (C=O) groups is 1. The van der Waals surface area contributed by atoms with Crippen molar-refractivity contribution in [2.24, 2.45) is 0 Å². The first-order valence-electron chi connectivity index (χ1n) is 6.85. The van der Waals surface area contributed by atoms with Gasteiger partial charge in [-0.1, -0.05) is 40.2 Å². The van der Waals surface area contributed by atoms with Crippen molar-refractivity contribution in [3.05, 3.63) is 68.7 Å². The second kappa shape index (κ2) is 5.88. The lowest BCUT2D eigenvalue weighted by Gasteiger charge is -2.16. The van der Waals surface area contributed by atoms with E-state index in [1.165, 1.54) is 11.0 Å². The predicted octanol–water partition coefficient (Wildman–Crippen LogP) is 3.88. The number of anilines is 1. The highest BCUT2D eigenvalue weighted by Crippen LogP contribution is 2.36. The SMILES string of the molecule is O=C1C[C@H](c2ccc(Br)cc2)CN1c1ccccc1[N+](=O)[O-]. The van der Waals surface area contributed by atoms with E-state index in [0.29, 0.717) is 18.7 Å². The van der Waals surface area contributed by atoms with Crippen LogP contribution in [-0.4, -0.2) is 17.4 Å². The van der Waals surface area contributed by atoms with Crippen LogP contribution in [0.2, 0.25) is 0 Å². The molecular formula is C16H13BrN2O3. The van der Waals surface area contributed by atoms with Gasteiger partial charge in [-0.25, -0.2) is 0 Å². The van der Waals surface area contributed by atoms with E-state index >= 15 is 0 Å². The average molecular weight is 361 g/mol. The summed E-state index contributed by atoms with van der Waals surface area (Å²) >= 11 is 3.39. The lowest BCUT2D eigenvalue weighted by atomic mass is 9.98. The summed E-state index contributed by atoms with van der Waals surface area (Å²) in [7, 11) is 0. The summed E-state index contributed by atoms with van der Waals surface area (Å²) in [4.78, 5) is 24.5. The number of benzene rings is 2. The summed E-state index contributed by atoms with van der Waals surface area (Å²) in [6, 6.07) is 14.2. The number of nitrogens with zero attached hydrogens (tertiary/aromatic N) is 2. The third-order valence-electron chi connectivity index (χ3n) is 3.84. The van der Waals surface area contributed by atoms with Gasteiger partial charge in [0.15, 0.2) is 0 Å². The van der Waals surface area contributed by atoms with Crippen LogP contribution in [0.15, 0.2) is 53.0 Å². The van der Waals surface area contributed by atoms with Crippen LogP contribution >= 0.6 is 15.9 Å². The number of carbonyl (C=O) groups excluding carboxylic acids is 1. The van der Waals surface area contributed by atoms with Crippen LogP contribution in [0.4, 0.5) is 11.4 Å². The number of nitro groups is 1. The molecule has 0 aliphatic carbocycles. The van der Waals surface area contributed by atoms with E-state index in [2.05, 4.69) is 15.9 Å². The minimum absolute atomic E-state index is 0.0349. The van der Waals surface area contributed by atoms with Crippen molar-refractivity contribution in [1.82, 2.24) is 0 Å². The summed E-state index contributed by atoms with van der Waals surface area (Å²) in [5.74, 6) is -0.0253. The van der Waals surface area contributed by atoms with Crippen LogP contribution < -0.4 is 4.90 Å². The maximum atomic E-state index is 12.3. The number of para-hydroxylation sites is 2. The number of hydrogen-bond acceptors (Lipinski definition) is 3. The van der Waals surface area contributed by atoms with E-state index in [9.17, 15) is 14.9 Å². The van der Waals surface area contributed by atoms with Crippen LogP contribution in [0.5, 0.6) is 0 Å². The summed E-state index contributed by atoms with van der Waals surface area (Å²) in [6.45, 7) is 0.464. The molecule has 1 fully saturated rings. The van der Waals surface area contributed by atoms with Gasteiger partial charge in [-0.3, -0.25) is 14.9 Å². The molecule has 1 heterocycles. The Labute approximate surface area is 135 Å². The standard InChI is InChI=1S/C16H13BrN2O3/c17-13-7-5-11(6-8-13)12-9-16(20)18(10-12)14-3-1-2-4-15(14)19(21)22/h1-8,12H,9-10H2/t12-/m0/s1. The average Bonchev–Trinajstić information content (AvgIpc) is 2.89. The van der Waals surface area contributed by atoms with Gasteiger partial charge in [-0.05, 0) is 23.8 Å². The van der Waals surface area contributed by atoms with E-state index in [1.807, 2.05) is 24.3 Å². The second-order valence-electron chi connectivity index (χ2n) is 5.20. The number of amides is 1. The third-order valence-corrected chi connectivity index (χ3v) is 4.36. The summed E-state index contributed by atoms with van der Waals surface area (Å²) in [6.07, 6.45) is 0.369. The van der Waals surface area contributed by atoms with Crippen molar-refractivity contribution in [3.63, 3.8) is 0 Å². The van der Waals surface area contributed by atoms with Crippen molar-refractivity contribution in [1.29, 1.82) is 0 Å². The Morgan fingerprint density at radius 1 is 1.14 bits per heavy atom. The van der Waals surface area contributed by atoms with Gasteiger partial charge in [-0.15, -0.1) is 0 Å². The maximum absolute atomic E-state index is 12.3. The van der Waals surface area contributed by atoms with Gasteiger partial charge in [0.1, 0.15) is 5.69 Å². The second-order valence-corrected chi connectivity index (χ2v) is 6.12. The molecule has 0 saturated carbocycles. The number of rotatable bonds is 3. The predicted molar refractivity (Wildman–Crippen MR) is 86.9 cm³/mol. The molecule has 1 amide bonds. The van der Waals surface area contributed by atoms with Gasteiger partial charge >= 0.3 is 0 Å². The molecule has 2 aromatic rings. The Morgan fingerprint density at radius 3 is 2.50 bits per heavy atom. The molecule has 0 radical (unpaired) electrons. The first-order valence-corrected chi connectivity index (χ1v) is 7.65. The van der Waals surface area contributed by atoms with E-state index in [-0.39, 0.29) is 17.5 Å².